The molecule has 4 N–H and O–H groups in total. The monoisotopic (exact) mass is 559 g/mol. The number of benzene rings is 2. The van der Waals surface area contributed by atoms with Crippen LogP contribution in [0.2, 0.25) is 0 Å². The van der Waals surface area contributed by atoms with E-state index in [4.69, 9.17) is 9.88 Å². The number of nitrogens with one attached hydrogen (secondary N) is 2. The van der Waals surface area contributed by atoms with Gasteiger partial charge in [-0.25, -0.2) is 13.6 Å². The van der Waals surface area contributed by atoms with Gasteiger partial charge in [-0.2, -0.15) is 0 Å². The molecule has 1 saturated heterocycles. The highest BCUT2D eigenvalue weighted by atomic mass is 127. The number of guanidine groups is 1. The van der Waals surface area contributed by atoms with E-state index in [1.54, 1.807) is 19.2 Å². The van der Waals surface area contributed by atoms with Gasteiger partial charge in [0.1, 0.15) is 0 Å². The third-order valence-corrected chi connectivity index (χ3v) is 5.88. The lowest BCUT2D eigenvalue weighted by Gasteiger charge is -2.27. The number of nitrogens with zero attached hydrogens (tertiary/aromatic N) is 2. The highest BCUT2D eigenvalue weighted by Gasteiger charge is 2.13. The number of hydrogen-bond acceptors (Lipinski definition) is 5. The summed E-state index contributed by atoms with van der Waals surface area (Å²) < 4.78 is 28.5. The maximum Gasteiger partial charge on any atom is 0.238 e. The third kappa shape index (κ3) is 8.04. The minimum Gasteiger partial charge on any atom is -0.379 e. The lowest BCUT2D eigenvalue weighted by molar-refractivity contribution is 0.0341. The van der Waals surface area contributed by atoms with Crippen LogP contribution >= 0.6 is 24.0 Å². The van der Waals surface area contributed by atoms with Gasteiger partial charge in [-0.15, -0.1) is 24.0 Å². The van der Waals surface area contributed by atoms with Gasteiger partial charge in [0, 0.05) is 39.8 Å². The van der Waals surface area contributed by atoms with Crippen LogP contribution in [0.4, 0.5) is 0 Å². The zero-order valence-corrected chi connectivity index (χ0v) is 20.7. The second kappa shape index (κ2) is 12.3. The Kier molecular flexibility index (Phi) is 10.2. The van der Waals surface area contributed by atoms with Crippen molar-refractivity contribution in [3.05, 3.63) is 65.2 Å². The normalized spacial score (nSPS) is 15.2. The molecule has 1 fully saturated rings. The summed E-state index contributed by atoms with van der Waals surface area (Å²) in [5.41, 5.74) is 3.29. The number of aliphatic imine (C=N–C) groups is 1. The van der Waals surface area contributed by atoms with Crippen LogP contribution in [-0.2, 0) is 34.4 Å². The van der Waals surface area contributed by atoms with E-state index in [0.717, 1.165) is 38.4 Å². The molecule has 0 atom stereocenters. The van der Waals surface area contributed by atoms with Crippen molar-refractivity contribution < 1.29 is 13.2 Å². The molecule has 0 bridgehead atoms. The molecule has 1 heterocycles. The van der Waals surface area contributed by atoms with E-state index in [9.17, 15) is 8.42 Å². The van der Waals surface area contributed by atoms with Crippen LogP contribution in [0.1, 0.15) is 16.7 Å². The third-order valence-electron chi connectivity index (χ3n) is 4.97. The molecule has 0 radical (unpaired) electrons. The molecule has 1 aliphatic rings. The Hall–Kier alpha value is -1.73. The van der Waals surface area contributed by atoms with Crippen LogP contribution in [0.3, 0.4) is 0 Å². The summed E-state index contributed by atoms with van der Waals surface area (Å²) in [5.74, 6) is 0.636. The molecule has 31 heavy (non-hydrogen) atoms. The van der Waals surface area contributed by atoms with Gasteiger partial charge in [0.05, 0.1) is 18.1 Å². The second-order valence-corrected chi connectivity index (χ2v) is 8.69. The lowest BCUT2D eigenvalue weighted by atomic mass is 10.1. The number of primary sulfonamides is 1. The predicted octanol–water partition coefficient (Wildman–Crippen LogP) is 1.65. The van der Waals surface area contributed by atoms with Gasteiger partial charge in [0.25, 0.3) is 0 Å². The van der Waals surface area contributed by atoms with E-state index in [2.05, 4.69) is 38.7 Å². The molecule has 170 valence electrons. The molecular weight excluding hydrogens is 529 g/mol. The highest BCUT2D eigenvalue weighted by molar-refractivity contribution is 14.0. The summed E-state index contributed by atoms with van der Waals surface area (Å²) in [6.45, 7) is 5.42. The van der Waals surface area contributed by atoms with Crippen molar-refractivity contribution in [1.29, 1.82) is 0 Å². The first-order valence-electron chi connectivity index (χ1n) is 9.89. The van der Waals surface area contributed by atoms with Gasteiger partial charge in [0.15, 0.2) is 5.96 Å². The molecule has 3 rings (SSSR count). The molecule has 10 heteroatoms. The molecule has 0 saturated carbocycles. The smallest absolute Gasteiger partial charge is 0.238 e. The first kappa shape index (κ1) is 25.5. The van der Waals surface area contributed by atoms with Crippen molar-refractivity contribution in [3.8, 4) is 0 Å². The number of nitrogens with two attached hydrogens (primary N) is 1. The van der Waals surface area contributed by atoms with Crippen molar-refractivity contribution in [2.24, 2.45) is 10.1 Å². The number of halogens is 1. The van der Waals surface area contributed by atoms with Crippen molar-refractivity contribution in [2.45, 2.75) is 24.5 Å². The molecule has 8 nitrogen and oxygen atoms in total. The van der Waals surface area contributed by atoms with Gasteiger partial charge >= 0.3 is 0 Å². The van der Waals surface area contributed by atoms with Crippen molar-refractivity contribution in [2.75, 3.05) is 33.4 Å². The first-order valence-corrected chi connectivity index (χ1v) is 11.4. The second-order valence-electron chi connectivity index (χ2n) is 7.13. The Bertz CT molecular complexity index is 978. The van der Waals surface area contributed by atoms with Crippen LogP contribution < -0.4 is 15.8 Å². The van der Waals surface area contributed by atoms with E-state index in [1.165, 1.54) is 17.2 Å². The van der Waals surface area contributed by atoms with Crippen LogP contribution in [0, 0.1) is 0 Å². The molecule has 0 spiro atoms. The van der Waals surface area contributed by atoms with Crippen molar-refractivity contribution in [1.82, 2.24) is 15.5 Å². The maximum absolute atomic E-state index is 11.5. The minimum atomic E-state index is -3.72. The molecular formula is C21H30IN5O3S. The van der Waals surface area contributed by atoms with Crippen LogP contribution in [0.5, 0.6) is 0 Å². The Morgan fingerprint density at radius 2 is 1.74 bits per heavy atom. The van der Waals surface area contributed by atoms with Gasteiger partial charge in [-0.05, 0) is 28.8 Å². The lowest BCUT2D eigenvalue weighted by Crippen LogP contribution is -2.37. The topological polar surface area (TPSA) is 109 Å². The molecule has 2 aromatic carbocycles. The standard InChI is InChI=1S/C21H29N5O3S.HI/c1-23-21(24-14-17-5-4-8-20(13-17)30(22,27)28)25-15-18-6-2-3-7-19(18)16-26-9-11-29-12-10-26;/h2-8,13H,9-12,14-16H2,1H3,(H2,22,27,28)(H2,23,24,25);1H. The summed E-state index contributed by atoms with van der Waals surface area (Å²) in [5, 5.41) is 11.7. The average Bonchev–Trinajstić information content (AvgIpc) is 2.75. The largest absolute Gasteiger partial charge is 0.379 e. The van der Waals surface area contributed by atoms with E-state index < -0.39 is 10.0 Å². The number of rotatable bonds is 7. The molecule has 0 aromatic heterocycles. The maximum atomic E-state index is 11.5. The fraction of sp³-hybridized carbons (Fsp3) is 0.381. The van der Waals surface area contributed by atoms with E-state index in [1.807, 2.05) is 12.1 Å². The SMILES string of the molecule is CN=C(NCc1cccc(S(N)(=O)=O)c1)NCc1ccccc1CN1CCOCC1.I. The Morgan fingerprint density at radius 1 is 1.06 bits per heavy atom. The number of sulfonamides is 1. The van der Waals surface area contributed by atoms with E-state index in [0.29, 0.717) is 19.0 Å². The van der Waals surface area contributed by atoms with Crippen LogP contribution in [0.25, 0.3) is 0 Å². The number of hydrogen-bond donors (Lipinski definition) is 3. The first-order chi connectivity index (χ1) is 14.5. The highest BCUT2D eigenvalue weighted by Crippen LogP contribution is 2.13. The van der Waals surface area contributed by atoms with Crippen LogP contribution in [0.15, 0.2) is 58.4 Å². The van der Waals surface area contributed by atoms with Gasteiger partial charge in [-0.1, -0.05) is 36.4 Å². The van der Waals surface area contributed by atoms with Crippen LogP contribution in [-0.4, -0.2) is 52.6 Å². The van der Waals surface area contributed by atoms with Crippen molar-refractivity contribution in [3.63, 3.8) is 0 Å². The molecule has 0 unspecified atom stereocenters. The Morgan fingerprint density at radius 3 is 2.42 bits per heavy atom. The van der Waals surface area contributed by atoms with E-state index in [-0.39, 0.29) is 28.9 Å². The minimum absolute atomic E-state index is 0. The summed E-state index contributed by atoms with van der Waals surface area (Å²) in [6, 6.07) is 14.9. The fourth-order valence-corrected chi connectivity index (χ4v) is 3.89. The van der Waals surface area contributed by atoms with Gasteiger partial charge in [-0.3, -0.25) is 9.89 Å². The summed E-state index contributed by atoms with van der Waals surface area (Å²) in [6.07, 6.45) is 0. The zero-order valence-electron chi connectivity index (χ0n) is 17.6. The average molecular weight is 559 g/mol. The fourth-order valence-electron chi connectivity index (χ4n) is 3.30. The van der Waals surface area contributed by atoms with E-state index >= 15 is 0 Å². The van der Waals surface area contributed by atoms with Gasteiger partial charge in [0.2, 0.25) is 10.0 Å². The zero-order chi connectivity index (χ0) is 21.4. The predicted molar refractivity (Wildman–Crippen MR) is 133 cm³/mol. The number of morpholine rings is 1. The molecule has 0 amide bonds. The molecule has 1 aliphatic heterocycles. The number of ether oxygens (including phenoxy) is 1. The Labute approximate surface area is 201 Å². The summed E-state index contributed by atoms with van der Waals surface area (Å²) >= 11 is 0. The van der Waals surface area contributed by atoms with Gasteiger partial charge < -0.3 is 15.4 Å². The summed E-state index contributed by atoms with van der Waals surface area (Å²) in [7, 11) is -2.01. The Balaban J connectivity index is 0.00000341. The molecule has 0 aliphatic carbocycles. The van der Waals surface area contributed by atoms with Crippen molar-refractivity contribution >= 4 is 40.0 Å². The quantitative estimate of drug-likeness (QED) is 0.271. The summed E-state index contributed by atoms with van der Waals surface area (Å²) in [4.78, 5) is 6.75. The molecule has 2 aromatic rings.